The van der Waals surface area contributed by atoms with E-state index >= 15 is 0 Å². The van der Waals surface area contributed by atoms with E-state index in [-0.39, 0.29) is 17.8 Å². The number of rotatable bonds is 4. The van der Waals surface area contributed by atoms with Gasteiger partial charge < -0.3 is 15.2 Å². The largest absolute Gasteiger partial charge is 0.477 e. The van der Waals surface area contributed by atoms with Gasteiger partial charge in [-0.25, -0.2) is 14.8 Å². The van der Waals surface area contributed by atoms with Crippen molar-refractivity contribution in [2.24, 2.45) is 0 Å². The standard InChI is InChI=1S/C11H15N3O3/c1-17-8-3-2-7(6-8)13-11-12-5-4-9(14-11)10(15)16/h4-5,7-8H,2-3,6H2,1H3,(H,15,16)(H,12,13,14). The lowest BCUT2D eigenvalue weighted by atomic mass is 10.2. The van der Waals surface area contributed by atoms with Crippen LogP contribution in [0, 0.1) is 0 Å². The quantitative estimate of drug-likeness (QED) is 0.817. The van der Waals surface area contributed by atoms with Gasteiger partial charge in [0.25, 0.3) is 0 Å². The van der Waals surface area contributed by atoms with Crippen LogP contribution in [-0.4, -0.2) is 40.3 Å². The van der Waals surface area contributed by atoms with Gasteiger partial charge in [-0.15, -0.1) is 0 Å². The topological polar surface area (TPSA) is 84.3 Å². The van der Waals surface area contributed by atoms with Gasteiger partial charge in [-0.1, -0.05) is 0 Å². The van der Waals surface area contributed by atoms with Crippen molar-refractivity contribution in [1.29, 1.82) is 0 Å². The lowest BCUT2D eigenvalue weighted by molar-refractivity contribution is 0.0690. The lowest BCUT2D eigenvalue weighted by Crippen LogP contribution is -2.19. The SMILES string of the molecule is COC1CCC(Nc2nccc(C(=O)O)n2)C1. The van der Waals surface area contributed by atoms with Crippen molar-refractivity contribution < 1.29 is 14.6 Å². The van der Waals surface area contributed by atoms with E-state index in [1.54, 1.807) is 7.11 Å². The number of aromatic nitrogens is 2. The molecule has 1 aromatic rings. The number of ether oxygens (including phenoxy) is 1. The van der Waals surface area contributed by atoms with Crippen LogP contribution in [0.3, 0.4) is 0 Å². The zero-order valence-corrected chi connectivity index (χ0v) is 9.59. The Balaban J connectivity index is 1.99. The van der Waals surface area contributed by atoms with E-state index in [0.29, 0.717) is 5.95 Å². The molecule has 1 aliphatic rings. The van der Waals surface area contributed by atoms with Crippen molar-refractivity contribution in [2.45, 2.75) is 31.4 Å². The minimum absolute atomic E-state index is 0.00351. The highest BCUT2D eigenvalue weighted by molar-refractivity contribution is 5.85. The van der Waals surface area contributed by atoms with E-state index in [0.717, 1.165) is 19.3 Å². The van der Waals surface area contributed by atoms with Gasteiger partial charge in [0.05, 0.1) is 6.10 Å². The molecule has 1 fully saturated rings. The van der Waals surface area contributed by atoms with Gasteiger partial charge in [0.15, 0.2) is 5.69 Å². The monoisotopic (exact) mass is 237 g/mol. The summed E-state index contributed by atoms with van der Waals surface area (Å²) < 4.78 is 5.27. The number of aromatic carboxylic acids is 1. The molecule has 2 N–H and O–H groups in total. The third-order valence-corrected chi connectivity index (χ3v) is 2.93. The minimum atomic E-state index is -1.04. The fourth-order valence-electron chi connectivity index (χ4n) is 2.02. The van der Waals surface area contributed by atoms with Crippen molar-refractivity contribution >= 4 is 11.9 Å². The summed E-state index contributed by atoms with van der Waals surface area (Å²) >= 11 is 0. The highest BCUT2D eigenvalue weighted by atomic mass is 16.5. The van der Waals surface area contributed by atoms with Crippen LogP contribution in [0.25, 0.3) is 0 Å². The molecule has 0 bridgehead atoms. The molecule has 2 atom stereocenters. The van der Waals surface area contributed by atoms with Crippen LogP contribution in [0.15, 0.2) is 12.3 Å². The molecule has 0 radical (unpaired) electrons. The molecule has 1 aromatic heterocycles. The molecule has 92 valence electrons. The number of hydrogen-bond acceptors (Lipinski definition) is 5. The van der Waals surface area contributed by atoms with Gasteiger partial charge in [-0.2, -0.15) is 0 Å². The average molecular weight is 237 g/mol. The van der Waals surface area contributed by atoms with Crippen molar-refractivity contribution in [2.75, 3.05) is 12.4 Å². The Morgan fingerprint density at radius 2 is 2.41 bits per heavy atom. The second-order valence-electron chi connectivity index (χ2n) is 4.08. The van der Waals surface area contributed by atoms with Crippen LogP contribution >= 0.6 is 0 Å². The Kier molecular flexibility index (Phi) is 3.53. The number of methoxy groups -OCH3 is 1. The van der Waals surface area contributed by atoms with E-state index in [2.05, 4.69) is 15.3 Å². The summed E-state index contributed by atoms with van der Waals surface area (Å²) in [6.07, 6.45) is 4.61. The number of carboxylic acid groups (broad SMARTS) is 1. The summed E-state index contributed by atoms with van der Waals surface area (Å²) in [6, 6.07) is 1.63. The molecular formula is C11H15N3O3. The maximum absolute atomic E-state index is 10.8. The fourth-order valence-corrected chi connectivity index (χ4v) is 2.02. The van der Waals surface area contributed by atoms with Crippen LogP contribution in [0.1, 0.15) is 29.8 Å². The van der Waals surface area contributed by atoms with E-state index < -0.39 is 5.97 Å². The van der Waals surface area contributed by atoms with Gasteiger partial charge >= 0.3 is 5.97 Å². The maximum atomic E-state index is 10.8. The van der Waals surface area contributed by atoms with Crippen LogP contribution in [-0.2, 0) is 4.74 Å². The van der Waals surface area contributed by atoms with Gasteiger partial charge in [0.2, 0.25) is 5.95 Å². The Morgan fingerprint density at radius 1 is 1.59 bits per heavy atom. The summed E-state index contributed by atoms with van der Waals surface area (Å²) in [4.78, 5) is 18.7. The van der Waals surface area contributed by atoms with E-state index in [9.17, 15) is 4.79 Å². The molecule has 0 aliphatic heterocycles. The van der Waals surface area contributed by atoms with E-state index in [4.69, 9.17) is 9.84 Å². The van der Waals surface area contributed by atoms with Gasteiger partial charge in [-0.3, -0.25) is 0 Å². The fraction of sp³-hybridized carbons (Fsp3) is 0.545. The van der Waals surface area contributed by atoms with Crippen molar-refractivity contribution in [3.05, 3.63) is 18.0 Å². The number of hydrogen-bond donors (Lipinski definition) is 2. The minimum Gasteiger partial charge on any atom is -0.477 e. The van der Waals surface area contributed by atoms with Gasteiger partial charge in [-0.05, 0) is 25.3 Å². The third-order valence-electron chi connectivity index (χ3n) is 2.93. The molecule has 6 heteroatoms. The number of carbonyl (C=O) groups is 1. The third kappa shape index (κ3) is 2.91. The summed E-state index contributed by atoms with van der Waals surface area (Å²) in [5, 5.41) is 11.9. The van der Waals surface area contributed by atoms with Crippen LogP contribution < -0.4 is 5.32 Å². The second kappa shape index (κ2) is 5.09. The zero-order valence-electron chi connectivity index (χ0n) is 9.59. The first-order valence-electron chi connectivity index (χ1n) is 5.54. The molecule has 1 heterocycles. The molecule has 2 unspecified atom stereocenters. The molecular weight excluding hydrogens is 222 g/mol. The highest BCUT2D eigenvalue weighted by Gasteiger charge is 2.24. The molecule has 17 heavy (non-hydrogen) atoms. The van der Waals surface area contributed by atoms with E-state index in [1.807, 2.05) is 0 Å². The molecule has 0 saturated heterocycles. The first-order valence-corrected chi connectivity index (χ1v) is 5.54. The highest BCUT2D eigenvalue weighted by Crippen LogP contribution is 2.23. The van der Waals surface area contributed by atoms with Crippen molar-refractivity contribution in [1.82, 2.24) is 9.97 Å². The van der Waals surface area contributed by atoms with Crippen LogP contribution in [0.2, 0.25) is 0 Å². The lowest BCUT2D eigenvalue weighted by Gasteiger charge is -2.12. The summed E-state index contributed by atoms with van der Waals surface area (Å²) in [5.74, 6) is -0.678. The predicted molar refractivity (Wildman–Crippen MR) is 61.1 cm³/mol. The second-order valence-corrected chi connectivity index (χ2v) is 4.08. The molecule has 0 aromatic carbocycles. The molecule has 6 nitrogen and oxygen atoms in total. The van der Waals surface area contributed by atoms with Crippen molar-refractivity contribution in [3.63, 3.8) is 0 Å². The number of anilines is 1. The molecule has 0 amide bonds. The van der Waals surface area contributed by atoms with Gasteiger partial charge in [0, 0.05) is 19.3 Å². The zero-order chi connectivity index (χ0) is 12.3. The van der Waals surface area contributed by atoms with Gasteiger partial charge in [0.1, 0.15) is 0 Å². The average Bonchev–Trinajstić information content (AvgIpc) is 2.77. The first-order chi connectivity index (χ1) is 8.19. The smallest absolute Gasteiger partial charge is 0.354 e. The summed E-state index contributed by atoms with van der Waals surface area (Å²) in [5.41, 5.74) is 0.00351. The normalized spacial score (nSPS) is 23.6. The molecule has 0 spiro atoms. The maximum Gasteiger partial charge on any atom is 0.354 e. The number of nitrogens with one attached hydrogen (secondary N) is 1. The van der Waals surface area contributed by atoms with E-state index in [1.165, 1.54) is 12.3 Å². The Labute approximate surface area is 99.0 Å². The summed E-state index contributed by atoms with van der Waals surface area (Å²) in [6.45, 7) is 0. The first kappa shape index (κ1) is 11.8. The Bertz CT molecular complexity index is 411. The van der Waals surface area contributed by atoms with Crippen LogP contribution in [0.5, 0.6) is 0 Å². The molecule has 1 aliphatic carbocycles. The predicted octanol–water partition coefficient (Wildman–Crippen LogP) is 1.15. The Hall–Kier alpha value is -1.69. The van der Waals surface area contributed by atoms with Crippen LogP contribution in [0.4, 0.5) is 5.95 Å². The summed E-state index contributed by atoms with van der Waals surface area (Å²) in [7, 11) is 1.70. The molecule has 2 rings (SSSR count). The number of nitrogens with zero attached hydrogens (tertiary/aromatic N) is 2. The Morgan fingerprint density at radius 3 is 3.06 bits per heavy atom. The number of carboxylic acids is 1. The molecule has 1 saturated carbocycles. The van der Waals surface area contributed by atoms with Crippen molar-refractivity contribution in [3.8, 4) is 0 Å².